The molecule has 0 saturated carbocycles. The van der Waals surface area contributed by atoms with E-state index < -0.39 is 0 Å². The highest BCUT2D eigenvalue weighted by Gasteiger charge is 2.07. The number of carbonyl (C=O) groups excluding carboxylic acids is 1. The van der Waals surface area contributed by atoms with Crippen molar-refractivity contribution in [3.05, 3.63) is 52.1 Å². The minimum absolute atomic E-state index is 0.0582. The summed E-state index contributed by atoms with van der Waals surface area (Å²) < 4.78 is 11.0. The minimum Gasteiger partial charge on any atom is -0.492 e. The molecule has 0 fully saturated rings. The Balaban J connectivity index is 1.71. The summed E-state index contributed by atoms with van der Waals surface area (Å²) in [5, 5.41) is 3.87. The van der Waals surface area contributed by atoms with Gasteiger partial charge in [-0.2, -0.15) is 0 Å². The number of hydrogen-bond acceptors (Lipinski definition) is 4. The maximum Gasteiger partial charge on any atom is 0.220 e. The van der Waals surface area contributed by atoms with Crippen molar-refractivity contribution < 1.29 is 14.3 Å². The van der Waals surface area contributed by atoms with Crippen LogP contribution in [0.4, 0.5) is 0 Å². The number of rotatable bonds is 9. The second kappa shape index (κ2) is 10.1. The first-order chi connectivity index (χ1) is 12.1. The van der Waals surface area contributed by atoms with E-state index >= 15 is 0 Å². The lowest BCUT2D eigenvalue weighted by Crippen LogP contribution is -2.23. The van der Waals surface area contributed by atoms with Crippen molar-refractivity contribution >= 4 is 29.1 Å². The number of amides is 1. The number of halogens is 2. The van der Waals surface area contributed by atoms with E-state index in [1.807, 2.05) is 19.1 Å². The van der Waals surface area contributed by atoms with Crippen molar-refractivity contribution in [2.75, 3.05) is 13.2 Å². The van der Waals surface area contributed by atoms with Gasteiger partial charge >= 0.3 is 0 Å². The van der Waals surface area contributed by atoms with Gasteiger partial charge in [0, 0.05) is 29.7 Å². The molecular formula is C18H20Cl2N2O3. The molecule has 0 aliphatic carbocycles. The van der Waals surface area contributed by atoms with E-state index in [2.05, 4.69) is 10.3 Å². The van der Waals surface area contributed by atoms with E-state index in [0.717, 1.165) is 5.56 Å². The maximum atomic E-state index is 11.9. The Labute approximate surface area is 157 Å². The summed E-state index contributed by atoms with van der Waals surface area (Å²) in [6, 6.07) is 8.73. The molecule has 1 amide bonds. The number of aromatic nitrogens is 1. The molecule has 7 heteroatoms. The second-order valence-corrected chi connectivity index (χ2v) is 6.05. The van der Waals surface area contributed by atoms with Gasteiger partial charge in [0.1, 0.15) is 5.75 Å². The van der Waals surface area contributed by atoms with Gasteiger partial charge in [-0.05, 0) is 37.6 Å². The zero-order chi connectivity index (χ0) is 18.1. The summed E-state index contributed by atoms with van der Waals surface area (Å²) in [6.45, 7) is 3.20. The lowest BCUT2D eigenvalue weighted by molar-refractivity contribution is -0.121. The molecule has 2 aromatic rings. The molecule has 134 valence electrons. The summed E-state index contributed by atoms with van der Waals surface area (Å²) >= 11 is 11.9. The number of ether oxygens (including phenoxy) is 2. The number of benzene rings is 1. The average molecular weight is 383 g/mol. The first-order valence-corrected chi connectivity index (χ1v) is 8.77. The molecule has 0 unspecified atom stereocenters. The SMILES string of the molecule is CCOc1ncccc1CNC(=O)CCCOc1ccc(Cl)cc1Cl. The van der Waals surface area contributed by atoms with Crippen LogP contribution in [0.25, 0.3) is 0 Å². The summed E-state index contributed by atoms with van der Waals surface area (Å²) in [4.78, 5) is 16.1. The summed E-state index contributed by atoms with van der Waals surface area (Å²) in [6.07, 6.45) is 2.60. The van der Waals surface area contributed by atoms with Crippen molar-refractivity contribution in [3.8, 4) is 11.6 Å². The van der Waals surface area contributed by atoms with Crippen LogP contribution in [0.3, 0.4) is 0 Å². The Morgan fingerprint density at radius 3 is 2.84 bits per heavy atom. The van der Waals surface area contributed by atoms with Crippen LogP contribution in [0.5, 0.6) is 11.6 Å². The Bertz CT molecular complexity index is 710. The molecule has 1 aromatic carbocycles. The van der Waals surface area contributed by atoms with E-state index in [-0.39, 0.29) is 5.91 Å². The Morgan fingerprint density at radius 2 is 2.08 bits per heavy atom. The van der Waals surface area contributed by atoms with Gasteiger partial charge in [0.2, 0.25) is 11.8 Å². The number of nitrogens with zero attached hydrogens (tertiary/aromatic N) is 1. The summed E-state index contributed by atoms with van der Waals surface area (Å²) in [5.41, 5.74) is 0.849. The van der Waals surface area contributed by atoms with Crippen LogP contribution in [-0.2, 0) is 11.3 Å². The quantitative estimate of drug-likeness (QED) is 0.658. The molecule has 0 spiro atoms. The van der Waals surface area contributed by atoms with Crippen LogP contribution < -0.4 is 14.8 Å². The van der Waals surface area contributed by atoms with E-state index in [1.165, 1.54) is 0 Å². The molecule has 25 heavy (non-hydrogen) atoms. The van der Waals surface area contributed by atoms with Crippen LogP contribution in [0.15, 0.2) is 36.5 Å². The van der Waals surface area contributed by atoms with Crippen LogP contribution in [-0.4, -0.2) is 24.1 Å². The van der Waals surface area contributed by atoms with Crippen molar-refractivity contribution in [2.45, 2.75) is 26.3 Å². The topological polar surface area (TPSA) is 60.5 Å². The molecular weight excluding hydrogens is 363 g/mol. The van der Waals surface area contributed by atoms with E-state index in [1.54, 1.807) is 24.4 Å². The molecule has 1 aromatic heterocycles. The highest BCUT2D eigenvalue weighted by molar-refractivity contribution is 6.35. The Hall–Kier alpha value is -1.98. The van der Waals surface area contributed by atoms with E-state index in [4.69, 9.17) is 32.7 Å². The van der Waals surface area contributed by atoms with Gasteiger partial charge in [0.15, 0.2) is 0 Å². The van der Waals surface area contributed by atoms with Crippen LogP contribution in [0.2, 0.25) is 10.0 Å². The highest BCUT2D eigenvalue weighted by Crippen LogP contribution is 2.27. The van der Waals surface area contributed by atoms with Gasteiger partial charge in [-0.3, -0.25) is 4.79 Å². The van der Waals surface area contributed by atoms with Gasteiger partial charge in [-0.25, -0.2) is 4.98 Å². The molecule has 0 saturated heterocycles. The zero-order valence-electron chi connectivity index (χ0n) is 13.9. The van der Waals surface area contributed by atoms with Crippen molar-refractivity contribution in [3.63, 3.8) is 0 Å². The molecule has 2 rings (SSSR count). The number of pyridine rings is 1. The summed E-state index contributed by atoms with van der Waals surface area (Å²) in [7, 11) is 0. The lowest BCUT2D eigenvalue weighted by Gasteiger charge is -2.10. The van der Waals surface area contributed by atoms with Gasteiger partial charge in [0.25, 0.3) is 0 Å². The molecule has 0 aliphatic heterocycles. The predicted molar refractivity (Wildman–Crippen MR) is 98.4 cm³/mol. The maximum absolute atomic E-state index is 11.9. The Kier molecular flexibility index (Phi) is 7.82. The fraction of sp³-hybridized carbons (Fsp3) is 0.333. The molecule has 0 bridgehead atoms. The lowest BCUT2D eigenvalue weighted by atomic mass is 10.2. The molecule has 0 radical (unpaired) electrons. The first-order valence-electron chi connectivity index (χ1n) is 8.01. The van der Waals surface area contributed by atoms with Gasteiger partial charge in [-0.15, -0.1) is 0 Å². The molecule has 0 aliphatic rings. The third-order valence-electron chi connectivity index (χ3n) is 3.31. The Morgan fingerprint density at radius 1 is 1.24 bits per heavy atom. The first kappa shape index (κ1) is 19.3. The third kappa shape index (κ3) is 6.44. The molecule has 5 nitrogen and oxygen atoms in total. The van der Waals surface area contributed by atoms with Gasteiger partial charge in [0.05, 0.1) is 18.2 Å². The largest absolute Gasteiger partial charge is 0.492 e. The highest BCUT2D eigenvalue weighted by atomic mass is 35.5. The fourth-order valence-corrected chi connectivity index (χ4v) is 2.58. The second-order valence-electron chi connectivity index (χ2n) is 5.20. The average Bonchev–Trinajstić information content (AvgIpc) is 2.60. The fourth-order valence-electron chi connectivity index (χ4n) is 2.11. The molecule has 1 heterocycles. The van der Waals surface area contributed by atoms with E-state index in [9.17, 15) is 4.79 Å². The number of nitrogens with one attached hydrogen (secondary N) is 1. The molecule has 1 N–H and O–H groups in total. The summed E-state index contributed by atoms with van der Waals surface area (Å²) in [5.74, 6) is 1.05. The van der Waals surface area contributed by atoms with Crippen molar-refractivity contribution in [1.82, 2.24) is 10.3 Å². The smallest absolute Gasteiger partial charge is 0.220 e. The standard InChI is InChI=1S/C18H20Cl2N2O3/c1-2-24-18-13(5-3-9-21-18)12-22-17(23)6-4-10-25-16-8-7-14(19)11-15(16)20/h3,5,7-9,11H,2,4,6,10,12H2,1H3,(H,22,23). The number of carbonyl (C=O) groups is 1. The number of hydrogen-bond donors (Lipinski definition) is 1. The van der Waals surface area contributed by atoms with Crippen molar-refractivity contribution in [2.24, 2.45) is 0 Å². The zero-order valence-corrected chi connectivity index (χ0v) is 15.4. The van der Waals surface area contributed by atoms with Gasteiger partial charge < -0.3 is 14.8 Å². The normalized spacial score (nSPS) is 10.4. The van der Waals surface area contributed by atoms with Crippen LogP contribution >= 0.6 is 23.2 Å². The van der Waals surface area contributed by atoms with Crippen LogP contribution in [0.1, 0.15) is 25.3 Å². The minimum atomic E-state index is -0.0582. The third-order valence-corrected chi connectivity index (χ3v) is 3.84. The van der Waals surface area contributed by atoms with E-state index in [0.29, 0.717) is 54.3 Å². The van der Waals surface area contributed by atoms with Crippen LogP contribution in [0, 0.1) is 0 Å². The predicted octanol–water partition coefficient (Wildman–Crippen LogP) is 4.26. The monoisotopic (exact) mass is 382 g/mol. The van der Waals surface area contributed by atoms with Crippen molar-refractivity contribution in [1.29, 1.82) is 0 Å². The molecule has 0 atom stereocenters. The van der Waals surface area contributed by atoms with Gasteiger partial charge in [-0.1, -0.05) is 29.3 Å².